The molecule has 1 saturated heterocycles. The number of alkyl carbamates (subject to hydrolysis) is 1. The minimum Gasteiger partial charge on any atom is -0.444 e. The maximum absolute atomic E-state index is 11.9. The van der Waals surface area contributed by atoms with Crippen molar-refractivity contribution in [1.29, 1.82) is 0 Å². The van der Waals surface area contributed by atoms with E-state index in [9.17, 15) is 4.79 Å². The Bertz CT molecular complexity index is 320. The van der Waals surface area contributed by atoms with Crippen LogP contribution in [0.3, 0.4) is 0 Å². The second-order valence-electron chi connectivity index (χ2n) is 7.86. The van der Waals surface area contributed by atoms with E-state index in [-0.39, 0.29) is 6.09 Å². The van der Waals surface area contributed by atoms with Gasteiger partial charge in [-0.15, -0.1) is 0 Å². The van der Waals surface area contributed by atoms with Gasteiger partial charge in [0.1, 0.15) is 5.60 Å². The van der Waals surface area contributed by atoms with Crippen molar-refractivity contribution < 1.29 is 9.53 Å². The molecule has 0 spiro atoms. The number of hydrogen-bond acceptors (Lipinski definition) is 3. The van der Waals surface area contributed by atoms with Crippen LogP contribution in [-0.4, -0.2) is 31.3 Å². The number of piperidine rings is 1. The number of hydrogen-bond donors (Lipinski definition) is 2. The molecular formula is C18H36N2O2. The van der Waals surface area contributed by atoms with Crippen LogP contribution in [0.4, 0.5) is 4.79 Å². The van der Waals surface area contributed by atoms with Crippen LogP contribution in [0.2, 0.25) is 0 Å². The van der Waals surface area contributed by atoms with Gasteiger partial charge < -0.3 is 15.4 Å². The molecule has 0 saturated carbocycles. The van der Waals surface area contributed by atoms with E-state index in [2.05, 4.69) is 24.5 Å². The van der Waals surface area contributed by atoms with Crippen LogP contribution in [0.5, 0.6) is 0 Å². The number of carbonyl (C=O) groups is 1. The van der Waals surface area contributed by atoms with Gasteiger partial charge in [0.25, 0.3) is 0 Å². The van der Waals surface area contributed by atoms with Gasteiger partial charge in [-0.3, -0.25) is 0 Å². The predicted octanol–water partition coefficient (Wildman–Crippen LogP) is 3.95. The molecule has 22 heavy (non-hydrogen) atoms. The first kappa shape index (κ1) is 19.3. The smallest absolute Gasteiger partial charge is 0.407 e. The molecule has 2 N–H and O–H groups in total. The minimum atomic E-state index is -0.427. The summed E-state index contributed by atoms with van der Waals surface area (Å²) in [6.07, 6.45) is 5.87. The fourth-order valence-electron chi connectivity index (χ4n) is 3.41. The van der Waals surface area contributed by atoms with E-state index in [1.807, 2.05) is 20.8 Å². The van der Waals surface area contributed by atoms with Crippen molar-refractivity contribution in [2.45, 2.75) is 72.3 Å². The van der Waals surface area contributed by atoms with Gasteiger partial charge in [-0.1, -0.05) is 26.7 Å². The quantitative estimate of drug-likeness (QED) is 0.748. The first-order valence-electron chi connectivity index (χ1n) is 8.99. The lowest BCUT2D eigenvalue weighted by molar-refractivity contribution is 0.0505. The van der Waals surface area contributed by atoms with Gasteiger partial charge >= 0.3 is 6.09 Å². The Morgan fingerprint density at radius 2 is 1.95 bits per heavy atom. The van der Waals surface area contributed by atoms with Gasteiger partial charge in [-0.05, 0) is 70.9 Å². The Labute approximate surface area is 136 Å². The molecule has 0 aromatic rings. The van der Waals surface area contributed by atoms with Gasteiger partial charge in [0.15, 0.2) is 0 Å². The van der Waals surface area contributed by atoms with E-state index in [0.717, 1.165) is 31.5 Å². The minimum absolute atomic E-state index is 0.283. The molecule has 1 heterocycles. The lowest BCUT2D eigenvalue weighted by Gasteiger charge is -2.33. The second-order valence-corrected chi connectivity index (χ2v) is 7.86. The summed E-state index contributed by atoms with van der Waals surface area (Å²) >= 11 is 0. The second kappa shape index (κ2) is 9.39. The monoisotopic (exact) mass is 312 g/mol. The van der Waals surface area contributed by atoms with Gasteiger partial charge in [0.05, 0.1) is 0 Å². The number of nitrogens with one attached hydrogen (secondary N) is 2. The zero-order chi connectivity index (χ0) is 16.6. The third-order valence-electron chi connectivity index (χ3n) is 4.44. The molecule has 1 aliphatic rings. The average molecular weight is 312 g/mol. The molecule has 0 radical (unpaired) electrons. The molecule has 4 nitrogen and oxygen atoms in total. The van der Waals surface area contributed by atoms with E-state index in [1.165, 1.54) is 32.1 Å². The van der Waals surface area contributed by atoms with Crippen LogP contribution in [0.15, 0.2) is 0 Å². The maximum Gasteiger partial charge on any atom is 0.407 e. The third kappa shape index (κ3) is 8.02. The van der Waals surface area contributed by atoms with Gasteiger partial charge in [0, 0.05) is 6.54 Å². The summed E-state index contributed by atoms with van der Waals surface area (Å²) in [4.78, 5) is 11.9. The SMILES string of the molecule is CCC[C@@H](C)C[C@H](CNC(=O)OC(C)(C)C)C1CCNCC1. The molecule has 1 amide bonds. The summed E-state index contributed by atoms with van der Waals surface area (Å²) in [6.45, 7) is 13.2. The van der Waals surface area contributed by atoms with Crippen molar-refractivity contribution in [1.82, 2.24) is 10.6 Å². The topological polar surface area (TPSA) is 50.4 Å². The Morgan fingerprint density at radius 1 is 1.32 bits per heavy atom. The van der Waals surface area contributed by atoms with Gasteiger partial charge in [0.2, 0.25) is 0 Å². The highest BCUT2D eigenvalue weighted by molar-refractivity contribution is 5.67. The van der Waals surface area contributed by atoms with Crippen molar-refractivity contribution in [3.8, 4) is 0 Å². The van der Waals surface area contributed by atoms with Crippen molar-refractivity contribution >= 4 is 6.09 Å². The summed E-state index contributed by atoms with van der Waals surface area (Å²) < 4.78 is 5.37. The Kier molecular flexibility index (Phi) is 8.23. The molecule has 130 valence electrons. The summed E-state index contributed by atoms with van der Waals surface area (Å²) in [6, 6.07) is 0. The highest BCUT2D eigenvalue weighted by Crippen LogP contribution is 2.28. The summed E-state index contributed by atoms with van der Waals surface area (Å²) in [7, 11) is 0. The van der Waals surface area contributed by atoms with E-state index >= 15 is 0 Å². The molecule has 0 aromatic heterocycles. The number of ether oxygens (including phenoxy) is 1. The molecule has 0 aromatic carbocycles. The summed E-state index contributed by atoms with van der Waals surface area (Å²) in [5, 5.41) is 6.43. The fraction of sp³-hybridized carbons (Fsp3) is 0.944. The Morgan fingerprint density at radius 3 is 2.50 bits per heavy atom. The Balaban J connectivity index is 2.51. The van der Waals surface area contributed by atoms with Crippen LogP contribution in [-0.2, 0) is 4.74 Å². The maximum atomic E-state index is 11.9. The predicted molar refractivity (Wildman–Crippen MR) is 92.0 cm³/mol. The number of carbonyl (C=O) groups excluding carboxylic acids is 1. The van der Waals surface area contributed by atoms with Crippen molar-refractivity contribution in [2.75, 3.05) is 19.6 Å². The zero-order valence-electron chi connectivity index (χ0n) is 15.2. The average Bonchev–Trinajstić information content (AvgIpc) is 2.43. The normalized spacial score (nSPS) is 19.5. The molecule has 0 bridgehead atoms. The highest BCUT2D eigenvalue weighted by Gasteiger charge is 2.26. The van der Waals surface area contributed by atoms with Crippen LogP contribution in [0, 0.1) is 17.8 Å². The fourth-order valence-corrected chi connectivity index (χ4v) is 3.41. The summed E-state index contributed by atoms with van der Waals surface area (Å²) in [5.74, 6) is 2.01. The van der Waals surface area contributed by atoms with Gasteiger partial charge in [-0.25, -0.2) is 4.79 Å². The van der Waals surface area contributed by atoms with Crippen molar-refractivity contribution in [3.63, 3.8) is 0 Å². The van der Waals surface area contributed by atoms with E-state index in [1.54, 1.807) is 0 Å². The van der Waals surface area contributed by atoms with Crippen LogP contribution >= 0.6 is 0 Å². The Hall–Kier alpha value is -0.770. The van der Waals surface area contributed by atoms with E-state index in [0.29, 0.717) is 5.92 Å². The molecule has 2 atom stereocenters. The standard InChI is InChI=1S/C18H36N2O2/c1-6-7-14(2)12-16(15-8-10-19-11-9-15)13-20-17(21)22-18(3,4)5/h14-16,19H,6-13H2,1-5H3,(H,20,21)/t14-,16-/m1/s1. The largest absolute Gasteiger partial charge is 0.444 e. The summed E-state index contributed by atoms with van der Waals surface area (Å²) in [5.41, 5.74) is -0.427. The molecular weight excluding hydrogens is 276 g/mol. The third-order valence-corrected chi connectivity index (χ3v) is 4.44. The van der Waals surface area contributed by atoms with E-state index < -0.39 is 5.60 Å². The van der Waals surface area contributed by atoms with Crippen LogP contribution < -0.4 is 10.6 Å². The van der Waals surface area contributed by atoms with Gasteiger partial charge in [-0.2, -0.15) is 0 Å². The lowest BCUT2D eigenvalue weighted by atomic mass is 9.79. The number of amides is 1. The molecule has 0 aliphatic carbocycles. The first-order valence-corrected chi connectivity index (χ1v) is 8.99. The van der Waals surface area contributed by atoms with Crippen molar-refractivity contribution in [2.24, 2.45) is 17.8 Å². The molecule has 0 unspecified atom stereocenters. The highest BCUT2D eigenvalue weighted by atomic mass is 16.6. The van der Waals surface area contributed by atoms with Crippen LogP contribution in [0.25, 0.3) is 0 Å². The van der Waals surface area contributed by atoms with E-state index in [4.69, 9.17) is 4.74 Å². The lowest BCUT2D eigenvalue weighted by Crippen LogP contribution is -2.40. The number of rotatable bonds is 7. The van der Waals surface area contributed by atoms with Crippen molar-refractivity contribution in [3.05, 3.63) is 0 Å². The molecule has 1 fully saturated rings. The molecule has 1 aliphatic heterocycles. The molecule has 1 rings (SSSR count). The first-order chi connectivity index (χ1) is 10.3. The molecule has 4 heteroatoms. The zero-order valence-corrected chi connectivity index (χ0v) is 15.2. The van der Waals surface area contributed by atoms with Crippen LogP contribution in [0.1, 0.15) is 66.7 Å².